The van der Waals surface area contributed by atoms with Crippen LogP contribution in [0.3, 0.4) is 0 Å². The van der Waals surface area contributed by atoms with Gasteiger partial charge >= 0.3 is 0 Å². The fourth-order valence-electron chi connectivity index (χ4n) is 2.09. The SMILES string of the molecule is CCOC(C)(C)CN1CCC(N)CC1. The molecule has 14 heavy (non-hydrogen) atoms. The Kier molecular flexibility index (Phi) is 4.35. The third-order valence-corrected chi connectivity index (χ3v) is 2.77. The summed E-state index contributed by atoms with van der Waals surface area (Å²) in [5.41, 5.74) is 5.84. The minimum atomic E-state index is -0.0177. The molecule has 0 spiro atoms. The van der Waals surface area contributed by atoms with Crippen molar-refractivity contribution in [2.75, 3.05) is 26.2 Å². The van der Waals surface area contributed by atoms with Crippen molar-refractivity contribution in [2.45, 2.75) is 45.3 Å². The maximum absolute atomic E-state index is 5.86. The lowest BCUT2D eigenvalue weighted by Crippen LogP contribution is -2.46. The molecule has 1 heterocycles. The summed E-state index contributed by atoms with van der Waals surface area (Å²) in [6, 6.07) is 0.418. The van der Waals surface area contributed by atoms with Crippen LogP contribution in [0.25, 0.3) is 0 Å². The van der Waals surface area contributed by atoms with Crippen molar-refractivity contribution in [1.29, 1.82) is 0 Å². The van der Waals surface area contributed by atoms with E-state index in [0.717, 1.165) is 39.1 Å². The molecule has 0 aromatic heterocycles. The Morgan fingerprint density at radius 2 is 1.93 bits per heavy atom. The van der Waals surface area contributed by atoms with Gasteiger partial charge in [0.1, 0.15) is 0 Å². The fraction of sp³-hybridized carbons (Fsp3) is 1.00. The number of hydrogen-bond acceptors (Lipinski definition) is 3. The molecular formula is C11H24N2O. The summed E-state index contributed by atoms with van der Waals surface area (Å²) in [5.74, 6) is 0. The molecule has 1 rings (SSSR count). The Balaban J connectivity index is 2.29. The van der Waals surface area contributed by atoms with E-state index in [0.29, 0.717) is 6.04 Å². The quantitative estimate of drug-likeness (QED) is 0.741. The van der Waals surface area contributed by atoms with E-state index in [-0.39, 0.29) is 5.60 Å². The topological polar surface area (TPSA) is 38.5 Å². The molecule has 0 bridgehead atoms. The summed E-state index contributed by atoms with van der Waals surface area (Å²) >= 11 is 0. The Hall–Kier alpha value is -0.120. The minimum absolute atomic E-state index is 0.0177. The summed E-state index contributed by atoms with van der Waals surface area (Å²) in [7, 11) is 0. The van der Waals surface area contributed by atoms with Gasteiger partial charge in [-0.1, -0.05) is 0 Å². The molecule has 1 saturated heterocycles. The summed E-state index contributed by atoms with van der Waals surface area (Å²) in [4.78, 5) is 2.46. The average molecular weight is 200 g/mol. The molecule has 0 amide bonds. The summed E-state index contributed by atoms with van der Waals surface area (Å²) in [6.07, 6.45) is 2.25. The molecule has 84 valence electrons. The van der Waals surface area contributed by atoms with Gasteiger partial charge in [0.25, 0.3) is 0 Å². The van der Waals surface area contributed by atoms with Crippen LogP contribution in [0.15, 0.2) is 0 Å². The Labute approximate surface area is 87.6 Å². The van der Waals surface area contributed by atoms with E-state index in [1.165, 1.54) is 0 Å². The zero-order valence-corrected chi connectivity index (χ0v) is 9.75. The molecule has 0 radical (unpaired) electrons. The first-order valence-corrected chi connectivity index (χ1v) is 5.65. The van der Waals surface area contributed by atoms with Crippen molar-refractivity contribution in [3.63, 3.8) is 0 Å². The normalized spacial score (nSPS) is 21.4. The van der Waals surface area contributed by atoms with Crippen LogP contribution in [0.4, 0.5) is 0 Å². The van der Waals surface area contributed by atoms with Gasteiger partial charge in [0.05, 0.1) is 5.60 Å². The minimum Gasteiger partial charge on any atom is -0.375 e. The van der Waals surface area contributed by atoms with Gasteiger partial charge in [-0.25, -0.2) is 0 Å². The maximum Gasteiger partial charge on any atom is 0.0752 e. The van der Waals surface area contributed by atoms with Gasteiger partial charge in [-0.15, -0.1) is 0 Å². The number of piperidine rings is 1. The Bertz CT molecular complexity index is 163. The highest BCUT2D eigenvalue weighted by atomic mass is 16.5. The monoisotopic (exact) mass is 200 g/mol. The third kappa shape index (κ3) is 3.95. The Morgan fingerprint density at radius 1 is 1.36 bits per heavy atom. The van der Waals surface area contributed by atoms with E-state index in [1.807, 2.05) is 6.92 Å². The van der Waals surface area contributed by atoms with Gasteiger partial charge in [0.15, 0.2) is 0 Å². The van der Waals surface area contributed by atoms with Crippen molar-refractivity contribution in [2.24, 2.45) is 5.73 Å². The van der Waals surface area contributed by atoms with E-state index < -0.39 is 0 Å². The highest BCUT2D eigenvalue weighted by Gasteiger charge is 2.24. The average Bonchev–Trinajstić information content (AvgIpc) is 2.08. The largest absolute Gasteiger partial charge is 0.375 e. The highest BCUT2D eigenvalue weighted by molar-refractivity contribution is 4.80. The number of likely N-dealkylation sites (tertiary alicyclic amines) is 1. The molecule has 3 nitrogen and oxygen atoms in total. The van der Waals surface area contributed by atoms with Crippen molar-refractivity contribution in [3.8, 4) is 0 Å². The molecule has 1 aliphatic heterocycles. The first kappa shape index (κ1) is 12.0. The van der Waals surface area contributed by atoms with Gasteiger partial charge in [0, 0.05) is 19.2 Å². The fourth-order valence-corrected chi connectivity index (χ4v) is 2.09. The van der Waals surface area contributed by atoms with Crippen molar-refractivity contribution < 1.29 is 4.74 Å². The molecule has 0 aliphatic carbocycles. The van der Waals surface area contributed by atoms with Crippen molar-refractivity contribution in [1.82, 2.24) is 4.90 Å². The maximum atomic E-state index is 5.86. The van der Waals surface area contributed by atoms with Gasteiger partial charge in [-0.3, -0.25) is 0 Å². The van der Waals surface area contributed by atoms with E-state index in [1.54, 1.807) is 0 Å². The first-order valence-electron chi connectivity index (χ1n) is 5.65. The zero-order valence-electron chi connectivity index (χ0n) is 9.75. The second-order valence-corrected chi connectivity index (χ2v) is 4.81. The smallest absolute Gasteiger partial charge is 0.0752 e. The van der Waals surface area contributed by atoms with Crippen LogP contribution in [0, 0.1) is 0 Å². The van der Waals surface area contributed by atoms with Crippen LogP contribution in [0.2, 0.25) is 0 Å². The Morgan fingerprint density at radius 3 is 2.43 bits per heavy atom. The summed E-state index contributed by atoms with van der Waals surface area (Å²) in [5, 5.41) is 0. The van der Waals surface area contributed by atoms with Crippen LogP contribution in [0.5, 0.6) is 0 Å². The van der Waals surface area contributed by atoms with E-state index in [4.69, 9.17) is 10.5 Å². The predicted molar refractivity (Wildman–Crippen MR) is 59.4 cm³/mol. The standard InChI is InChI=1S/C11H24N2O/c1-4-14-11(2,3)9-13-7-5-10(12)6-8-13/h10H,4-9,12H2,1-3H3. The van der Waals surface area contributed by atoms with Gasteiger partial charge in [-0.05, 0) is 46.7 Å². The second-order valence-electron chi connectivity index (χ2n) is 4.81. The lowest BCUT2D eigenvalue weighted by Gasteiger charge is -2.36. The van der Waals surface area contributed by atoms with Crippen LogP contribution >= 0.6 is 0 Å². The van der Waals surface area contributed by atoms with Crippen LogP contribution in [-0.2, 0) is 4.74 Å². The van der Waals surface area contributed by atoms with Gasteiger partial charge in [0.2, 0.25) is 0 Å². The molecule has 3 heteroatoms. The molecule has 0 unspecified atom stereocenters. The molecule has 1 fully saturated rings. The molecule has 0 saturated carbocycles. The number of ether oxygens (including phenoxy) is 1. The molecule has 0 aromatic carbocycles. The van der Waals surface area contributed by atoms with E-state index in [9.17, 15) is 0 Å². The van der Waals surface area contributed by atoms with Gasteiger partial charge < -0.3 is 15.4 Å². The first-order chi connectivity index (χ1) is 6.53. The predicted octanol–water partition coefficient (Wildman–Crippen LogP) is 1.22. The van der Waals surface area contributed by atoms with E-state index >= 15 is 0 Å². The number of nitrogens with zero attached hydrogens (tertiary/aromatic N) is 1. The lowest BCUT2D eigenvalue weighted by molar-refractivity contribution is -0.0376. The molecular weight excluding hydrogens is 176 g/mol. The zero-order chi connectivity index (χ0) is 10.6. The van der Waals surface area contributed by atoms with Gasteiger partial charge in [-0.2, -0.15) is 0 Å². The van der Waals surface area contributed by atoms with Crippen LogP contribution in [-0.4, -0.2) is 42.8 Å². The number of nitrogens with two attached hydrogens (primary N) is 1. The van der Waals surface area contributed by atoms with Crippen molar-refractivity contribution >= 4 is 0 Å². The molecule has 0 atom stereocenters. The third-order valence-electron chi connectivity index (χ3n) is 2.77. The van der Waals surface area contributed by atoms with E-state index in [2.05, 4.69) is 18.7 Å². The molecule has 2 N–H and O–H groups in total. The summed E-state index contributed by atoms with van der Waals surface area (Å²) in [6.45, 7) is 10.4. The number of rotatable bonds is 4. The lowest BCUT2D eigenvalue weighted by atomic mass is 10.0. The second kappa shape index (κ2) is 5.10. The van der Waals surface area contributed by atoms with Crippen LogP contribution in [0.1, 0.15) is 33.6 Å². The van der Waals surface area contributed by atoms with Crippen LogP contribution < -0.4 is 5.73 Å². The highest BCUT2D eigenvalue weighted by Crippen LogP contribution is 2.15. The number of hydrogen-bond donors (Lipinski definition) is 1. The summed E-state index contributed by atoms with van der Waals surface area (Å²) < 4.78 is 5.69. The molecule has 0 aromatic rings. The van der Waals surface area contributed by atoms with Crippen molar-refractivity contribution in [3.05, 3.63) is 0 Å². The molecule has 1 aliphatic rings.